The van der Waals surface area contributed by atoms with Gasteiger partial charge in [-0.2, -0.15) is 5.10 Å². The van der Waals surface area contributed by atoms with Crippen LogP contribution in [0.2, 0.25) is 0 Å². The van der Waals surface area contributed by atoms with Gasteiger partial charge in [0.1, 0.15) is 6.61 Å². The topological polar surface area (TPSA) is 72.0 Å². The van der Waals surface area contributed by atoms with Gasteiger partial charge in [-0.15, -0.1) is 0 Å². The van der Waals surface area contributed by atoms with Crippen LogP contribution in [0.25, 0.3) is 10.8 Å². The van der Waals surface area contributed by atoms with Crippen LogP contribution in [-0.2, 0) is 11.4 Å². The van der Waals surface area contributed by atoms with Crippen LogP contribution in [-0.4, -0.2) is 25.8 Å². The molecule has 34 heavy (non-hydrogen) atoms. The summed E-state index contributed by atoms with van der Waals surface area (Å²) in [5.41, 5.74) is 5.33. The molecular formula is C27H24IN3O3. The third-order valence-corrected chi connectivity index (χ3v) is 5.91. The van der Waals surface area contributed by atoms with Crippen LogP contribution < -0.4 is 20.2 Å². The Labute approximate surface area is 212 Å². The Morgan fingerprint density at radius 3 is 2.59 bits per heavy atom. The first-order chi connectivity index (χ1) is 16.6. The first kappa shape index (κ1) is 23.6. The fourth-order valence-electron chi connectivity index (χ4n) is 3.46. The van der Waals surface area contributed by atoms with Gasteiger partial charge < -0.3 is 14.8 Å². The van der Waals surface area contributed by atoms with Crippen LogP contribution in [0.3, 0.4) is 0 Å². The molecule has 0 heterocycles. The molecule has 0 aliphatic rings. The average molecular weight is 565 g/mol. The molecule has 172 valence electrons. The number of halogens is 1. The SMILES string of the molecule is COc1cc(/C=N\NC(=O)CNc2cccc3ccccc23)cc(I)c1OCc1ccccc1. The molecule has 4 aromatic rings. The molecule has 4 aromatic carbocycles. The van der Waals surface area contributed by atoms with Crippen molar-refractivity contribution in [2.24, 2.45) is 5.10 Å². The minimum Gasteiger partial charge on any atom is -0.493 e. The number of methoxy groups -OCH3 is 1. The zero-order chi connectivity index (χ0) is 23.8. The summed E-state index contributed by atoms with van der Waals surface area (Å²) in [5, 5.41) is 9.45. The Hall–Kier alpha value is -3.59. The zero-order valence-electron chi connectivity index (χ0n) is 18.6. The number of benzene rings is 4. The van der Waals surface area contributed by atoms with Crippen molar-refractivity contribution in [3.05, 3.63) is 99.6 Å². The van der Waals surface area contributed by atoms with E-state index in [9.17, 15) is 4.79 Å². The van der Waals surface area contributed by atoms with E-state index in [-0.39, 0.29) is 12.5 Å². The van der Waals surface area contributed by atoms with Crippen molar-refractivity contribution in [1.82, 2.24) is 5.43 Å². The molecular weight excluding hydrogens is 541 g/mol. The largest absolute Gasteiger partial charge is 0.493 e. The number of fused-ring (bicyclic) bond motifs is 1. The van der Waals surface area contributed by atoms with E-state index >= 15 is 0 Å². The fraction of sp³-hybridized carbons (Fsp3) is 0.111. The van der Waals surface area contributed by atoms with E-state index in [1.807, 2.05) is 84.9 Å². The summed E-state index contributed by atoms with van der Waals surface area (Å²) < 4.78 is 12.4. The lowest BCUT2D eigenvalue weighted by molar-refractivity contribution is -0.119. The summed E-state index contributed by atoms with van der Waals surface area (Å²) in [6, 6.07) is 27.7. The number of anilines is 1. The van der Waals surface area contributed by atoms with E-state index in [2.05, 4.69) is 38.4 Å². The van der Waals surface area contributed by atoms with E-state index in [4.69, 9.17) is 9.47 Å². The van der Waals surface area contributed by atoms with E-state index in [0.29, 0.717) is 18.1 Å². The maximum Gasteiger partial charge on any atom is 0.259 e. The number of carbonyl (C=O) groups excluding carboxylic acids is 1. The zero-order valence-corrected chi connectivity index (χ0v) is 20.8. The van der Waals surface area contributed by atoms with Crippen LogP contribution >= 0.6 is 22.6 Å². The predicted molar refractivity (Wildman–Crippen MR) is 145 cm³/mol. The molecule has 0 saturated heterocycles. The molecule has 0 saturated carbocycles. The number of rotatable bonds is 9. The minimum absolute atomic E-state index is 0.110. The minimum atomic E-state index is -0.242. The van der Waals surface area contributed by atoms with Gasteiger partial charge >= 0.3 is 0 Å². The standard InChI is InChI=1S/C27H24IN3O3/c1-33-25-15-20(14-23(28)27(25)34-18-19-8-3-2-4-9-19)16-30-31-26(32)17-29-24-13-7-11-21-10-5-6-12-22(21)24/h2-16,29H,17-18H2,1H3,(H,31,32)/b30-16-. The molecule has 0 spiro atoms. The number of hydrogen-bond donors (Lipinski definition) is 2. The van der Waals surface area contributed by atoms with Gasteiger partial charge in [0.2, 0.25) is 0 Å². The molecule has 0 unspecified atom stereocenters. The van der Waals surface area contributed by atoms with Crippen LogP contribution in [0.5, 0.6) is 11.5 Å². The van der Waals surface area contributed by atoms with Gasteiger partial charge in [-0.1, -0.05) is 66.7 Å². The molecule has 1 amide bonds. The lowest BCUT2D eigenvalue weighted by Gasteiger charge is -2.13. The van der Waals surface area contributed by atoms with Crippen LogP contribution in [0.4, 0.5) is 5.69 Å². The van der Waals surface area contributed by atoms with Crippen LogP contribution in [0.15, 0.2) is 90.0 Å². The van der Waals surface area contributed by atoms with Crippen molar-refractivity contribution in [3.8, 4) is 11.5 Å². The number of hydrogen-bond acceptors (Lipinski definition) is 5. The van der Waals surface area contributed by atoms with Gasteiger partial charge in [0.25, 0.3) is 5.91 Å². The highest BCUT2D eigenvalue weighted by Crippen LogP contribution is 2.34. The summed E-state index contributed by atoms with van der Waals surface area (Å²) in [4.78, 5) is 12.3. The average Bonchev–Trinajstić information content (AvgIpc) is 2.87. The molecule has 0 aliphatic carbocycles. The molecule has 0 radical (unpaired) electrons. The number of hydrazone groups is 1. The maximum absolute atomic E-state index is 12.3. The Kier molecular flexibility index (Phi) is 7.98. The van der Waals surface area contributed by atoms with Gasteiger partial charge in [-0.3, -0.25) is 4.79 Å². The van der Waals surface area contributed by atoms with Gasteiger partial charge in [0.15, 0.2) is 11.5 Å². The molecule has 0 aliphatic heterocycles. The van der Waals surface area contributed by atoms with Crippen molar-refractivity contribution in [1.29, 1.82) is 0 Å². The van der Waals surface area contributed by atoms with Gasteiger partial charge in [-0.05, 0) is 57.3 Å². The highest BCUT2D eigenvalue weighted by atomic mass is 127. The summed E-state index contributed by atoms with van der Waals surface area (Å²) in [5.74, 6) is 1.04. The highest BCUT2D eigenvalue weighted by Gasteiger charge is 2.11. The predicted octanol–water partition coefficient (Wildman–Crippen LogP) is 5.59. The number of carbonyl (C=O) groups is 1. The third-order valence-electron chi connectivity index (χ3n) is 5.11. The molecule has 7 heteroatoms. The second kappa shape index (κ2) is 11.5. The first-order valence-electron chi connectivity index (χ1n) is 10.7. The number of nitrogens with zero attached hydrogens (tertiary/aromatic N) is 1. The first-order valence-corrected chi connectivity index (χ1v) is 11.8. The quantitative estimate of drug-likeness (QED) is 0.158. The molecule has 6 nitrogen and oxygen atoms in total. The van der Waals surface area contributed by atoms with E-state index in [1.165, 1.54) is 0 Å². The van der Waals surface area contributed by atoms with E-state index in [1.54, 1.807) is 13.3 Å². The molecule has 0 atom stereocenters. The lowest BCUT2D eigenvalue weighted by atomic mass is 10.1. The third kappa shape index (κ3) is 6.05. The van der Waals surface area contributed by atoms with E-state index < -0.39 is 0 Å². The molecule has 4 rings (SSSR count). The molecule has 0 fully saturated rings. The van der Waals surface area contributed by atoms with Crippen LogP contribution in [0.1, 0.15) is 11.1 Å². The summed E-state index contributed by atoms with van der Waals surface area (Å²) in [6.07, 6.45) is 1.58. The number of nitrogens with one attached hydrogen (secondary N) is 2. The Morgan fingerprint density at radius 1 is 1.00 bits per heavy atom. The lowest BCUT2D eigenvalue weighted by Crippen LogP contribution is -2.25. The van der Waals surface area contributed by atoms with Gasteiger partial charge in [0, 0.05) is 11.1 Å². The van der Waals surface area contributed by atoms with Crippen molar-refractivity contribution >= 4 is 51.2 Å². The number of ether oxygens (including phenoxy) is 2. The number of amides is 1. The fourth-order valence-corrected chi connectivity index (χ4v) is 4.24. The molecule has 2 N–H and O–H groups in total. The van der Waals surface area contributed by atoms with E-state index in [0.717, 1.165) is 31.2 Å². The smallest absolute Gasteiger partial charge is 0.259 e. The Balaban J connectivity index is 1.35. The maximum atomic E-state index is 12.3. The summed E-state index contributed by atoms with van der Waals surface area (Å²) in [6.45, 7) is 0.554. The second-order valence-electron chi connectivity index (χ2n) is 7.48. The Bertz CT molecular complexity index is 1300. The van der Waals surface area contributed by atoms with Crippen molar-refractivity contribution in [2.75, 3.05) is 19.0 Å². The summed E-state index contributed by atoms with van der Waals surface area (Å²) in [7, 11) is 1.60. The second-order valence-corrected chi connectivity index (χ2v) is 8.64. The molecule has 0 bridgehead atoms. The van der Waals surface area contributed by atoms with Crippen LogP contribution in [0, 0.1) is 3.57 Å². The normalized spacial score (nSPS) is 10.9. The molecule has 0 aromatic heterocycles. The summed E-state index contributed by atoms with van der Waals surface area (Å²) >= 11 is 2.21. The Morgan fingerprint density at radius 2 is 1.76 bits per heavy atom. The van der Waals surface area contributed by atoms with Crippen molar-refractivity contribution in [3.63, 3.8) is 0 Å². The van der Waals surface area contributed by atoms with Crippen molar-refractivity contribution < 1.29 is 14.3 Å². The van der Waals surface area contributed by atoms with Crippen molar-refractivity contribution in [2.45, 2.75) is 6.61 Å². The highest BCUT2D eigenvalue weighted by molar-refractivity contribution is 14.1. The monoisotopic (exact) mass is 565 g/mol. The van der Waals surface area contributed by atoms with Gasteiger partial charge in [-0.25, -0.2) is 5.43 Å². The van der Waals surface area contributed by atoms with Gasteiger partial charge in [0.05, 0.1) is 23.4 Å².